The van der Waals surface area contributed by atoms with Crippen molar-refractivity contribution in [2.75, 3.05) is 14.1 Å². The lowest BCUT2D eigenvalue weighted by Crippen LogP contribution is -2.29. The fraction of sp³-hybridized carbons (Fsp3) is 0.500. The first kappa shape index (κ1) is 12.2. The zero-order valence-electron chi connectivity index (χ0n) is 9.73. The van der Waals surface area contributed by atoms with Crippen molar-refractivity contribution in [1.29, 1.82) is 0 Å². The Kier molecular flexibility index (Phi) is 4.04. The Morgan fingerprint density at radius 3 is 2.75 bits per heavy atom. The molecule has 1 aromatic heterocycles. The van der Waals surface area contributed by atoms with Crippen LogP contribution in [0.1, 0.15) is 13.3 Å². The van der Waals surface area contributed by atoms with Crippen molar-refractivity contribution >= 4 is 12.2 Å². The summed E-state index contributed by atoms with van der Waals surface area (Å²) >= 11 is 0. The van der Waals surface area contributed by atoms with Crippen LogP contribution in [0, 0.1) is 0 Å². The summed E-state index contributed by atoms with van der Waals surface area (Å²) in [5, 5.41) is 0. The number of rotatable bonds is 4. The molecule has 1 aromatic rings. The van der Waals surface area contributed by atoms with Crippen LogP contribution in [-0.2, 0) is 6.54 Å². The molecule has 0 aromatic carbocycles. The normalized spacial score (nSPS) is 10.9. The van der Waals surface area contributed by atoms with E-state index in [1.54, 1.807) is 11.2 Å². The highest BCUT2D eigenvalue weighted by Crippen LogP contribution is 2.05. The van der Waals surface area contributed by atoms with Gasteiger partial charge >= 0.3 is 5.69 Å². The fourth-order valence-corrected chi connectivity index (χ4v) is 1.23. The number of aromatic amines is 1. The van der Waals surface area contributed by atoms with Gasteiger partial charge in [-0.2, -0.15) is 0 Å². The van der Waals surface area contributed by atoms with E-state index in [1.165, 1.54) is 10.6 Å². The molecule has 0 aliphatic rings. The van der Waals surface area contributed by atoms with Crippen LogP contribution in [0.2, 0.25) is 0 Å². The first-order valence-electron chi connectivity index (χ1n) is 5.09. The van der Waals surface area contributed by atoms with Crippen LogP contribution in [0.4, 0.5) is 5.82 Å². The summed E-state index contributed by atoms with van der Waals surface area (Å²) in [5.41, 5.74) is -0.844. The topological polar surface area (TPSA) is 70.5 Å². The first-order chi connectivity index (χ1) is 7.54. The third-order valence-electron chi connectivity index (χ3n) is 1.88. The second-order valence-electron chi connectivity index (χ2n) is 3.66. The van der Waals surface area contributed by atoms with Gasteiger partial charge in [-0.05, 0) is 6.42 Å². The van der Waals surface area contributed by atoms with Crippen LogP contribution in [0.15, 0.2) is 20.6 Å². The lowest BCUT2D eigenvalue weighted by Gasteiger charge is -2.08. The predicted molar refractivity (Wildman–Crippen MR) is 63.5 cm³/mol. The highest BCUT2D eigenvalue weighted by Gasteiger charge is 2.03. The second kappa shape index (κ2) is 5.29. The standard InChI is InChI=1S/C10H16N4O2/c1-4-5-14-8(11-7-13(2)3)6-9(15)12-10(14)16/h6-7H,4-5H2,1-3H3,(H,12,15,16). The van der Waals surface area contributed by atoms with Crippen LogP contribution in [0.3, 0.4) is 0 Å². The highest BCUT2D eigenvalue weighted by molar-refractivity contribution is 5.58. The first-order valence-corrected chi connectivity index (χ1v) is 5.09. The van der Waals surface area contributed by atoms with E-state index in [2.05, 4.69) is 9.98 Å². The number of aromatic nitrogens is 2. The maximum absolute atomic E-state index is 11.5. The molecule has 0 aliphatic carbocycles. The number of aliphatic imine (C=N–C) groups is 1. The van der Waals surface area contributed by atoms with Crippen molar-refractivity contribution in [2.45, 2.75) is 19.9 Å². The molecule has 6 heteroatoms. The summed E-state index contributed by atoms with van der Waals surface area (Å²) in [7, 11) is 3.64. The smallest absolute Gasteiger partial charge is 0.329 e. The minimum absolute atomic E-state index is 0.379. The molecule has 0 atom stereocenters. The van der Waals surface area contributed by atoms with Crippen molar-refractivity contribution in [3.8, 4) is 0 Å². The fourth-order valence-electron chi connectivity index (χ4n) is 1.23. The van der Waals surface area contributed by atoms with Gasteiger partial charge in [0, 0.05) is 26.7 Å². The number of hydrogen-bond donors (Lipinski definition) is 1. The molecule has 0 spiro atoms. The van der Waals surface area contributed by atoms with Crippen LogP contribution >= 0.6 is 0 Å². The molecule has 0 unspecified atom stereocenters. The van der Waals surface area contributed by atoms with Crippen LogP contribution in [-0.4, -0.2) is 34.9 Å². The van der Waals surface area contributed by atoms with Gasteiger partial charge in [0.25, 0.3) is 5.56 Å². The predicted octanol–water partition coefficient (Wildman–Crippen LogP) is 0.168. The molecule has 0 bridgehead atoms. The maximum Gasteiger partial charge on any atom is 0.329 e. The summed E-state index contributed by atoms with van der Waals surface area (Å²) < 4.78 is 1.45. The van der Waals surface area contributed by atoms with Crippen molar-refractivity contribution in [1.82, 2.24) is 14.5 Å². The largest absolute Gasteiger partial charge is 0.369 e. The number of nitrogens with one attached hydrogen (secondary N) is 1. The molecule has 0 aliphatic heterocycles. The lowest BCUT2D eigenvalue weighted by molar-refractivity contribution is 0.625. The molecule has 16 heavy (non-hydrogen) atoms. The molecular formula is C10H16N4O2. The third kappa shape index (κ3) is 3.08. The third-order valence-corrected chi connectivity index (χ3v) is 1.88. The van der Waals surface area contributed by atoms with Gasteiger partial charge in [0.05, 0.1) is 6.34 Å². The van der Waals surface area contributed by atoms with E-state index in [1.807, 2.05) is 21.0 Å². The van der Waals surface area contributed by atoms with Crippen LogP contribution in [0.25, 0.3) is 0 Å². The van der Waals surface area contributed by atoms with Gasteiger partial charge in [0.2, 0.25) is 0 Å². The summed E-state index contributed by atoms with van der Waals surface area (Å²) in [4.78, 5) is 30.7. The molecule has 0 radical (unpaired) electrons. The molecule has 88 valence electrons. The van der Waals surface area contributed by atoms with Crippen molar-refractivity contribution in [3.05, 3.63) is 26.9 Å². The molecule has 0 saturated carbocycles. The number of hydrogen-bond acceptors (Lipinski definition) is 3. The molecule has 1 rings (SSSR count). The summed E-state index contributed by atoms with van der Waals surface area (Å²) in [6.07, 6.45) is 2.36. The van der Waals surface area contributed by atoms with E-state index in [0.717, 1.165) is 6.42 Å². The number of nitrogens with zero attached hydrogens (tertiary/aromatic N) is 3. The van der Waals surface area contributed by atoms with E-state index in [0.29, 0.717) is 12.4 Å². The maximum atomic E-state index is 11.5. The van der Waals surface area contributed by atoms with E-state index < -0.39 is 11.2 Å². The molecule has 0 saturated heterocycles. The highest BCUT2D eigenvalue weighted by atomic mass is 16.2. The molecular weight excluding hydrogens is 208 g/mol. The van der Waals surface area contributed by atoms with Crippen molar-refractivity contribution < 1.29 is 0 Å². The van der Waals surface area contributed by atoms with Gasteiger partial charge in [0.15, 0.2) is 0 Å². The average Bonchev–Trinajstić information content (AvgIpc) is 2.19. The van der Waals surface area contributed by atoms with E-state index in [9.17, 15) is 9.59 Å². The zero-order valence-corrected chi connectivity index (χ0v) is 9.73. The molecule has 1 N–H and O–H groups in total. The summed E-state index contributed by atoms with van der Waals surface area (Å²) in [6.45, 7) is 2.49. The van der Waals surface area contributed by atoms with E-state index >= 15 is 0 Å². The second-order valence-corrected chi connectivity index (χ2v) is 3.66. The van der Waals surface area contributed by atoms with Crippen molar-refractivity contribution in [2.24, 2.45) is 4.99 Å². The Balaban J connectivity index is 3.24. The van der Waals surface area contributed by atoms with Gasteiger partial charge < -0.3 is 4.90 Å². The van der Waals surface area contributed by atoms with E-state index in [4.69, 9.17) is 0 Å². The van der Waals surface area contributed by atoms with Gasteiger partial charge in [-0.15, -0.1) is 0 Å². The molecule has 0 fully saturated rings. The summed E-state index contributed by atoms with van der Waals surface area (Å²) in [6, 6.07) is 1.32. The Bertz CT molecular complexity index is 484. The minimum atomic E-state index is -0.428. The Morgan fingerprint density at radius 2 is 2.19 bits per heavy atom. The molecule has 0 amide bonds. The quantitative estimate of drug-likeness (QED) is 0.585. The minimum Gasteiger partial charge on any atom is -0.369 e. The molecule has 6 nitrogen and oxygen atoms in total. The van der Waals surface area contributed by atoms with Crippen LogP contribution in [0.5, 0.6) is 0 Å². The Morgan fingerprint density at radius 1 is 1.50 bits per heavy atom. The Labute approximate surface area is 93.2 Å². The number of H-pyrrole nitrogens is 1. The SMILES string of the molecule is CCCn1c(N=CN(C)C)cc(=O)[nH]c1=O. The summed E-state index contributed by atoms with van der Waals surface area (Å²) in [5.74, 6) is 0.379. The zero-order chi connectivity index (χ0) is 12.1. The van der Waals surface area contributed by atoms with Crippen LogP contribution < -0.4 is 11.2 Å². The molecule has 1 heterocycles. The van der Waals surface area contributed by atoms with Gasteiger partial charge in [-0.1, -0.05) is 6.92 Å². The average molecular weight is 224 g/mol. The van der Waals surface area contributed by atoms with E-state index in [-0.39, 0.29) is 0 Å². The Hall–Kier alpha value is -1.85. The van der Waals surface area contributed by atoms with Gasteiger partial charge in [-0.3, -0.25) is 14.3 Å². The van der Waals surface area contributed by atoms with Crippen molar-refractivity contribution in [3.63, 3.8) is 0 Å². The lowest BCUT2D eigenvalue weighted by atomic mass is 10.4. The van der Waals surface area contributed by atoms with Gasteiger partial charge in [-0.25, -0.2) is 9.79 Å². The van der Waals surface area contributed by atoms with Gasteiger partial charge in [0.1, 0.15) is 5.82 Å². The monoisotopic (exact) mass is 224 g/mol.